The number of unbranched alkanes of at least 4 members (excludes halogenated alkanes) is 10. The zero-order valence-electron chi connectivity index (χ0n) is 37.1. The van der Waals surface area contributed by atoms with Gasteiger partial charge in [-0.2, -0.15) is 0 Å². The highest BCUT2D eigenvalue weighted by molar-refractivity contribution is 5.87. The molecule has 0 unspecified atom stereocenters. The third-order valence-corrected chi connectivity index (χ3v) is 13.6. The number of quaternary nitrogens is 2. The molecule has 2 nitrogen and oxygen atoms in total. The molecule has 0 spiro atoms. The van der Waals surface area contributed by atoms with Crippen LogP contribution < -0.4 is 0 Å². The topological polar surface area (TPSA) is 0 Å². The van der Waals surface area contributed by atoms with Gasteiger partial charge in [0.2, 0.25) is 0 Å². The molecule has 0 N–H and O–H groups in total. The van der Waals surface area contributed by atoms with E-state index < -0.39 is 0 Å². The van der Waals surface area contributed by atoms with Crippen molar-refractivity contribution in [2.45, 2.75) is 140 Å². The number of hydrogen-bond acceptors (Lipinski definition) is 0. The van der Waals surface area contributed by atoms with E-state index in [2.05, 4.69) is 141 Å². The van der Waals surface area contributed by atoms with E-state index >= 15 is 0 Å². The molecule has 0 bridgehead atoms. The first kappa shape index (κ1) is 42.4. The van der Waals surface area contributed by atoms with Crippen molar-refractivity contribution in [3.05, 3.63) is 107 Å². The van der Waals surface area contributed by atoms with E-state index in [1.54, 1.807) is 22.3 Å². The van der Waals surface area contributed by atoms with Crippen molar-refractivity contribution in [2.75, 3.05) is 55.4 Å². The summed E-state index contributed by atoms with van der Waals surface area (Å²) in [7, 11) is 14.1. The highest BCUT2D eigenvalue weighted by Gasteiger charge is 2.44. The van der Waals surface area contributed by atoms with Crippen LogP contribution in [0.25, 0.3) is 33.4 Å². The number of benzene rings is 4. The number of rotatable bonds is 23. The van der Waals surface area contributed by atoms with Crippen molar-refractivity contribution in [3.63, 3.8) is 0 Å². The predicted molar refractivity (Wildman–Crippen MR) is 245 cm³/mol. The third kappa shape index (κ3) is 9.56. The Morgan fingerprint density at radius 1 is 0.357 bits per heavy atom. The summed E-state index contributed by atoms with van der Waals surface area (Å²) in [5.74, 6) is 0. The van der Waals surface area contributed by atoms with Gasteiger partial charge in [0.05, 0.1) is 55.4 Å². The maximum atomic E-state index is 2.67. The van der Waals surface area contributed by atoms with E-state index in [-0.39, 0.29) is 10.8 Å². The fourth-order valence-corrected chi connectivity index (χ4v) is 10.7. The van der Waals surface area contributed by atoms with Crippen LogP contribution in [0.3, 0.4) is 0 Å². The normalized spacial score (nSPS) is 15.1. The molecule has 6 rings (SSSR count). The van der Waals surface area contributed by atoms with E-state index in [0.29, 0.717) is 0 Å². The van der Waals surface area contributed by atoms with Gasteiger partial charge in [-0.3, -0.25) is 0 Å². The van der Waals surface area contributed by atoms with Gasteiger partial charge in [0.1, 0.15) is 0 Å². The molecule has 4 aromatic carbocycles. The summed E-state index contributed by atoms with van der Waals surface area (Å²) >= 11 is 0. The first-order chi connectivity index (χ1) is 26.9. The highest BCUT2D eigenvalue weighted by atomic mass is 15.3. The highest BCUT2D eigenvalue weighted by Crippen LogP contribution is 2.57. The van der Waals surface area contributed by atoms with Crippen LogP contribution in [0.1, 0.15) is 152 Å². The molecule has 2 heteroatoms. The van der Waals surface area contributed by atoms with Crippen molar-refractivity contribution in [2.24, 2.45) is 0 Å². The Morgan fingerprint density at radius 2 is 0.696 bits per heavy atom. The SMILES string of the molecule is CCCCCCCCC1(CCCCCCCC)c2ccccc2-c2ccc(-c3ccc4c(c3)C(CCC[N+](C)(C)C)(CCC[N+](C)(C)C)c3ccccc3-4)cc21. The molecule has 4 aromatic rings. The lowest BCUT2D eigenvalue weighted by molar-refractivity contribution is -0.870. The average molecular weight is 755 g/mol. The van der Waals surface area contributed by atoms with Crippen LogP contribution >= 0.6 is 0 Å². The van der Waals surface area contributed by atoms with Gasteiger partial charge in [-0.15, -0.1) is 0 Å². The maximum Gasteiger partial charge on any atom is 0.0780 e. The van der Waals surface area contributed by atoms with Crippen LogP contribution in [0, 0.1) is 0 Å². The molecule has 0 saturated carbocycles. The van der Waals surface area contributed by atoms with Crippen molar-refractivity contribution >= 4 is 0 Å². The first-order valence-electron chi connectivity index (χ1n) is 23.0. The monoisotopic (exact) mass is 755 g/mol. The molecule has 0 aliphatic heterocycles. The van der Waals surface area contributed by atoms with Crippen LogP contribution in [0.2, 0.25) is 0 Å². The van der Waals surface area contributed by atoms with E-state index in [1.807, 2.05) is 0 Å². The lowest BCUT2D eigenvalue weighted by Crippen LogP contribution is -2.38. The van der Waals surface area contributed by atoms with Gasteiger partial charge in [-0.25, -0.2) is 0 Å². The Morgan fingerprint density at radius 3 is 1.09 bits per heavy atom. The molecule has 0 radical (unpaired) electrons. The van der Waals surface area contributed by atoms with E-state index in [9.17, 15) is 0 Å². The molecular formula is C54H78N2+2. The Hall–Kier alpha value is -3.20. The summed E-state index contributed by atoms with van der Waals surface area (Å²) in [5, 5.41) is 0. The Balaban J connectivity index is 1.41. The fourth-order valence-electron chi connectivity index (χ4n) is 10.7. The molecule has 0 aromatic heterocycles. The summed E-state index contributed by atoms with van der Waals surface area (Å²) in [6, 6.07) is 34.2. The van der Waals surface area contributed by atoms with Crippen LogP contribution in [-0.2, 0) is 10.8 Å². The van der Waals surface area contributed by atoms with Crippen molar-refractivity contribution in [1.29, 1.82) is 0 Å². The maximum absolute atomic E-state index is 2.67. The number of fused-ring (bicyclic) bond motifs is 6. The minimum Gasteiger partial charge on any atom is -0.331 e. The van der Waals surface area contributed by atoms with Crippen molar-refractivity contribution in [1.82, 2.24) is 0 Å². The van der Waals surface area contributed by atoms with Gasteiger partial charge in [0.25, 0.3) is 0 Å². The van der Waals surface area contributed by atoms with Gasteiger partial charge in [0.15, 0.2) is 0 Å². The fraction of sp³-hybridized carbons (Fsp3) is 0.556. The summed E-state index contributed by atoms with van der Waals surface area (Å²) in [5.41, 5.74) is 15.2. The molecule has 0 atom stereocenters. The van der Waals surface area contributed by atoms with Gasteiger partial charge < -0.3 is 8.97 Å². The van der Waals surface area contributed by atoms with Crippen molar-refractivity contribution in [3.8, 4) is 33.4 Å². The smallest absolute Gasteiger partial charge is 0.0780 e. The molecule has 2 aliphatic rings. The summed E-state index contributed by atoms with van der Waals surface area (Å²) < 4.78 is 2.03. The minimum atomic E-state index is 0.0402. The predicted octanol–water partition coefficient (Wildman–Crippen LogP) is 14.4. The van der Waals surface area contributed by atoms with Crippen molar-refractivity contribution < 1.29 is 8.97 Å². The zero-order valence-corrected chi connectivity index (χ0v) is 37.1. The first-order valence-corrected chi connectivity index (χ1v) is 23.0. The van der Waals surface area contributed by atoms with E-state index in [4.69, 9.17) is 0 Å². The molecular weight excluding hydrogens is 677 g/mol. The second kappa shape index (κ2) is 18.6. The van der Waals surface area contributed by atoms with Gasteiger partial charge in [-0.1, -0.05) is 164 Å². The molecule has 0 amide bonds. The lowest BCUT2D eigenvalue weighted by atomic mass is 9.70. The zero-order chi connectivity index (χ0) is 39.8. The van der Waals surface area contributed by atoms with Gasteiger partial charge in [0, 0.05) is 10.8 Å². The molecule has 2 aliphatic carbocycles. The third-order valence-electron chi connectivity index (χ3n) is 13.6. The van der Waals surface area contributed by atoms with E-state index in [1.165, 1.54) is 162 Å². The Bertz CT molecular complexity index is 1830. The quantitative estimate of drug-likeness (QED) is 0.0522. The Labute approximate surface area is 343 Å². The van der Waals surface area contributed by atoms with E-state index in [0.717, 1.165) is 8.97 Å². The van der Waals surface area contributed by atoms with Gasteiger partial charge >= 0.3 is 0 Å². The van der Waals surface area contributed by atoms with Crippen LogP contribution in [0.4, 0.5) is 0 Å². The standard InChI is InChI=1S/C54H78N2/c1-9-11-13-15-17-23-35-53(36-24-18-16-14-12-10-2)49-29-21-19-27-45(49)47-33-31-43(41-51(47)53)44-32-34-48-46-28-20-22-30-50(46)54(52(48)42-44,37-25-39-55(3,4)5)38-26-40-56(6,7)8/h19-22,27-34,41-42H,9-18,23-26,35-40H2,1-8H3/q+2. The Kier molecular flexibility index (Phi) is 14.1. The molecule has 0 fully saturated rings. The summed E-state index contributed by atoms with van der Waals surface area (Å²) in [4.78, 5) is 0. The summed E-state index contributed by atoms with van der Waals surface area (Å²) in [6.07, 6.45) is 23.6. The molecule has 0 saturated heterocycles. The molecule has 56 heavy (non-hydrogen) atoms. The molecule has 0 heterocycles. The minimum absolute atomic E-state index is 0.0402. The lowest BCUT2D eigenvalue weighted by Gasteiger charge is -2.35. The molecule has 302 valence electrons. The summed E-state index contributed by atoms with van der Waals surface area (Å²) in [6.45, 7) is 7.05. The van der Waals surface area contributed by atoms with Gasteiger partial charge in [-0.05, 0) is 106 Å². The number of nitrogens with zero attached hydrogens (tertiary/aromatic N) is 2. The second-order valence-electron chi connectivity index (χ2n) is 20.0. The largest absolute Gasteiger partial charge is 0.331 e. The van der Waals surface area contributed by atoms with Crippen LogP contribution in [0.15, 0.2) is 84.9 Å². The second-order valence-corrected chi connectivity index (χ2v) is 20.0. The van der Waals surface area contributed by atoms with Crippen LogP contribution in [0.5, 0.6) is 0 Å². The number of hydrogen-bond donors (Lipinski definition) is 0. The van der Waals surface area contributed by atoms with Crippen LogP contribution in [-0.4, -0.2) is 64.3 Å². The average Bonchev–Trinajstić information content (AvgIpc) is 3.60.